The Hall–Kier alpha value is -2.25. The van der Waals surface area contributed by atoms with E-state index in [1.54, 1.807) is 10.7 Å². The van der Waals surface area contributed by atoms with Gasteiger partial charge in [0.25, 0.3) is 5.91 Å². The Morgan fingerprint density at radius 3 is 2.70 bits per heavy atom. The van der Waals surface area contributed by atoms with Crippen molar-refractivity contribution < 1.29 is 9.00 Å². The van der Waals surface area contributed by atoms with Crippen molar-refractivity contribution in [2.75, 3.05) is 5.32 Å². The molecule has 2 aromatic carbocycles. The van der Waals surface area contributed by atoms with E-state index < -0.39 is 10.8 Å². The highest BCUT2D eigenvalue weighted by atomic mass is 79.9. The number of carbonyl (C=O) groups excluding carboxylic acids is 1. The molecule has 0 spiro atoms. The Kier molecular flexibility index (Phi) is 4.74. The SMILES string of the molecule is Cc1ccc(-n2nc3c(c2NC(=O)c2ccccc2Br)CS(=O)C3)c(C)c1. The van der Waals surface area contributed by atoms with Gasteiger partial charge < -0.3 is 5.32 Å². The van der Waals surface area contributed by atoms with E-state index in [0.29, 0.717) is 22.9 Å². The van der Waals surface area contributed by atoms with E-state index in [-0.39, 0.29) is 5.91 Å². The molecule has 0 fully saturated rings. The number of anilines is 1. The zero-order valence-electron chi connectivity index (χ0n) is 15.0. The van der Waals surface area contributed by atoms with Crippen molar-refractivity contribution in [1.82, 2.24) is 9.78 Å². The van der Waals surface area contributed by atoms with Crippen molar-refractivity contribution in [3.05, 3.63) is 74.9 Å². The number of carbonyl (C=O) groups is 1. The third kappa shape index (κ3) is 3.37. The summed E-state index contributed by atoms with van der Waals surface area (Å²) in [5.41, 5.74) is 5.32. The topological polar surface area (TPSA) is 64.0 Å². The van der Waals surface area contributed by atoms with E-state index in [4.69, 9.17) is 0 Å². The van der Waals surface area contributed by atoms with E-state index in [0.717, 1.165) is 32.5 Å². The molecule has 7 heteroatoms. The van der Waals surface area contributed by atoms with Gasteiger partial charge >= 0.3 is 0 Å². The quantitative estimate of drug-likeness (QED) is 0.657. The van der Waals surface area contributed by atoms with Crippen LogP contribution in [0.25, 0.3) is 5.69 Å². The summed E-state index contributed by atoms with van der Waals surface area (Å²) in [4.78, 5) is 12.9. The fourth-order valence-corrected chi connectivity index (χ4v) is 5.02. The maximum atomic E-state index is 12.9. The van der Waals surface area contributed by atoms with Crippen LogP contribution in [0, 0.1) is 13.8 Å². The molecule has 0 saturated heterocycles. The van der Waals surface area contributed by atoms with Crippen LogP contribution in [0.4, 0.5) is 5.82 Å². The first-order valence-electron chi connectivity index (χ1n) is 8.53. The smallest absolute Gasteiger partial charge is 0.257 e. The van der Waals surface area contributed by atoms with Crippen molar-refractivity contribution in [3.63, 3.8) is 0 Å². The van der Waals surface area contributed by atoms with Crippen LogP contribution in [-0.4, -0.2) is 19.9 Å². The highest BCUT2D eigenvalue weighted by Crippen LogP contribution is 2.33. The van der Waals surface area contributed by atoms with Gasteiger partial charge in [-0.1, -0.05) is 29.8 Å². The summed E-state index contributed by atoms with van der Waals surface area (Å²) in [6.07, 6.45) is 0. The van der Waals surface area contributed by atoms with Gasteiger partial charge in [-0.05, 0) is 53.5 Å². The van der Waals surface area contributed by atoms with Crippen LogP contribution < -0.4 is 5.32 Å². The standard InChI is InChI=1S/C20H18BrN3O2S/c1-12-7-8-18(13(2)9-12)24-19(15-10-27(26)11-17(15)23-24)22-20(25)14-5-3-4-6-16(14)21/h3-9H,10-11H2,1-2H3,(H,22,25). The van der Waals surface area contributed by atoms with E-state index in [1.807, 2.05) is 44.2 Å². The summed E-state index contributed by atoms with van der Waals surface area (Å²) in [6.45, 7) is 4.06. The second kappa shape index (κ2) is 7.05. The summed E-state index contributed by atoms with van der Waals surface area (Å²) in [5.74, 6) is 1.20. The molecule has 1 unspecified atom stereocenters. The minimum absolute atomic E-state index is 0.228. The molecule has 1 aliphatic rings. The van der Waals surface area contributed by atoms with Crippen molar-refractivity contribution in [3.8, 4) is 5.69 Å². The Morgan fingerprint density at radius 1 is 1.19 bits per heavy atom. The number of hydrogen-bond acceptors (Lipinski definition) is 3. The molecule has 1 N–H and O–H groups in total. The second-order valence-electron chi connectivity index (χ2n) is 6.64. The zero-order valence-corrected chi connectivity index (χ0v) is 17.4. The Morgan fingerprint density at radius 2 is 1.96 bits per heavy atom. The molecule has 1 amide bonds. The van der Waals surface area contributed by atoms with E-state index in [2.05, 4.69) is 32.4 Å². The van der Waals surface area contributed by atoms with Crippen LogP contribution in [0.15, 0.2) is 46.9 Å². The van der Waals surface area contributed by atoms with Crippen LogP contribution in [-0.2, 0) is 22.3 Å². The molecule has 5 nitrogen and oxygen atoms in total. The third-order valence-electron chi connectivity index (χ3n) is 4.60. The molecule has 27 heavy (non-hydrogen) atoms. The fraction of sp³-hybridized carbons (Fsp3) is 0.200. The average Bonchev–Trinajstić information content (AvgIpc) is 3.12. The largest absolute Gasteiger partial charge is 0.306 e. The molecular formula is C20H18BrN3O2S. The van der Waals surface area contributed by atoms with Gasteiger partial charge in [0.1, 0.15) is 5.82 Å². The Bertz CT molecular complexity index is 1090. The van der Waals surface area contributed by atoms with Gasteiger partial charge in [0, 0.05) is 20.8 Å². The number of halogens is 1. The van der Waals surface area contributed by atoms with Crippen molar-refractivity contribution in [1.29, 1.82) is 0 Å². The maximum Gasteiger partial charge on any atom is 0.257 e. The number of aromatic nitrogens is 2. The predicted octanol–water partition coefficient (Wildman–Crippen LogP) is 4.27. The lowest BCUT2D eigenvalue weighted by Crippen LogP contribution is -2.17. The first kappa shape index (κ1) is 18.1. The van der Waals surface area contributed by atoms with Gasteiger partial charge in [-0.15, -0.1) is 0 Å². The molecular weight excluding hydrogens is 426 g/mol. The lowest BCUT2D eigenvalue weighted by atomic mass is 10.1. The summed E-state index contributed by atoms with van der Waals surface area (Å²) in [6, 6.07) is 13.4. The van der Waals surface area contributed by atoms with Crippen LogP contribution in [0.5, 0.6) is 0 Å². The second-order valence-corrected chi connectivity index (χ2v) is 8.95. The maximum absolute atomic E-state index is 12.9. The van der Waals surface area contributed by atoms with Crippen molar-refractivity contribution in [2.24, 2.45) is 0 Å². The van der Waals surface area contributed by atoms with E-state index in [9.17, 15) is 9.00 Å². The summed E-state index contributed by atoms with van der Waals surface area (Å²) in [5, 5.41) is 7.67. The molecule has 1 aliphatic heterocycles. The monoisotopic (exact) mass is 443 g/mol. The Balaban J connectivity index is 1.80. The molecule has 138 valence electrons. The normalized spacial score (nSPS) is 15.6. The molecule has 0 saturated carbocycles. The van der Waals surface area contributed by atoms with Gasteiger partial charge in [0.2, 0.25) is 0 Å². The molecule has 3 aromatic rings. The molecule has 0 aliphatic carbocycles. The first-order chi connectivity index (χ1) is 12.9. The van der Waals surface area contributed by atoms with E-state index in [1.165, 1.54) is 0 Å². The number of hydrogen-bond donors (Lipinski definition) is 1. The lowest BCUT2D eigenvalue weighted by molar-refractivity contribution is 0.102. The van der Waals surface area contributed by atoms with Crippen LogP contribution in [0.2, 0.25) is 0 Å². The number of nitrogens with zero attached hydrogens (tertiary/aromatic N) is 2. The van der Waals surface area contributed by atoms with Gasteiger partial charge in [-0.3, -0.25) is 9.00 Å². The molecule has 1 atom stereocenters. The van der Waals surface area contributed by atoms with Crippen LogP contribution in [0.1, 0.15) is 32.7 Å². The average molecular weight is 444 g/mol. The van der Waals surface area contributed by atoms with Gasteiger partial charge in [-0.25, -0.2) is 4.68 Å². The summed E-state index contributed by atoms with van der Waals surface area (Å²) >= 11 is 3.42. The number of benzene rings is 2. The summed E-state index contributed by atoms with van der Waals surface area (Å²) in [7, 11) is -0.972. The highest BCUT2D eigenvalue weighted by molar-refractivity contribution is 9.10. The first-order valence-corrected chi connectivity index (χ1v) is 10.8. The molecule has 1 aromatic heterocycles. The van der Waals surface area contributed by atoms with Crippen LogP contribution in [0.3, 0.4) is 0 Å². The highest BCUT2D eigenvalue weighted by Gasteiger charge is 2.29. The molecule has 0 bridgehead atoms. The molecule has 2 heterocycles. The third-order valence-corrected chi connectivity index (χ3v) is 6.50. The number of rotatable bonds is 3. The van der Waals surface area contributed by atoms with Crippen molar-refractivity contribution in [2.45, 2.75) is 25.4 Å². The van der Waals surface area contributed by atoms with Crippen LogP contribution >= 0.6 is 15.9 Å². The van der Waals surface area contributed by atoms with E-state index >= 15 is 0 Å². The van der Waals surface area contributed by atoms with Gasteiger partial charge in [0.05, 0.1) is 28.5 Å². The minimum Gasteiger partial charge on any atom is -0.306 e. The molecule has 0 radical (unpaired) electrons. The predicted molar refractivity (Wildman–Crippen MR) is 111 cm³/mol. The number of aryl methyl sites for hydroxylation is 2. The summed E-state index contributed by atoms with van der Waals surface area (Å²) < 4.78 is 14.5. The van der Waals surface area contributed by atoms with Crippen molar-refractivity contribution >= 4 is 38.5 Å². The minimum atomic E-state index is -0.972. The number of amides is 1. The molecule has 4 rings (SSSR count). The lowest BCUT2D eigenvalue weighted by Gasteiger charge is -2.14. The fourth-order valence-electron chi connectivity index (χ4n) is 3.29. The van der Waals surface area contributed by atoms with Gasteiger partial charge in [0.15, 0.2) is 0 Å². The zero-order chi connectivity index (χ0) is 19.1. The Labute approximate surface area is 168 Å². The number of nitrogens with one attached hydrogen (secondary N) is 1. The van der Waals surface area contributed by atoms with Gasteiger partial charge in [-0.2, -0.15) is 5.10 Å². The number of fused-ring (bicyclic) bond motifs is 1.